The number of nitro benzene ring substituents is 1. The first-order valence-electron chi connectivity index (χ1n) is 6.38. The predicted octanol–water partition coefficient (Wildman–Crippen LogP) is 1.35. The minimum Gasteiger partial charge on any atom is -0.356 e. The Kier molecular flexibility index (Phi) is 4.46. The minimum atomic E-state index is -0.400. The summed E-state index contributed by atoms with van der Waals surface area (Å²) in [6.07, 6.45) is 2.36. The summed E-state index contributed by atoms with van der Waals surface area (Å²) in [4.78, 5) is 21.7. The zero-order valence-electron chi connectivity index (χ0n) is 10.6. The minimum absolute atomic E-state index is 0.0639. The molecule has 0 spiro atoms. The van der Waals surface area contributed by atoms with Crippen LogP contribution in [0.1, 0.15) is 24.8 Å². The third-order valence-electron chi connectivity index (χ3n) is 3.20. The first-order chi connectivity index (χ1) is 9.15. The Morgan fingerprint density at radius 3 is 3.11 bits per heavy atom. The number of benzene rings is 1. The lowest BCUT2D eigenvalue weighted by atomic mass is 10.1. The molecule has 1 heterocycles. The predicted molar refractivity (Wildman–Crippen MR) is 70.6 cm³/mol. The van der Waals surface area contributed by atoms with Gasteiger partial charge in [-0.1, -0.05) is 12.1 Å². The fourth-order valence-corrected chi connectivity index (χ4v) is 2.19. The second-order valence-corrected chi connectivity index (χ2v) is 4.70. The maximum absolute atomic E-state index is 11.4. The van der Waals surface area contributed by atoms with E-state index >= 15 is 0 Å². The molecule has 1 atom stereocenters. The van der Waals surface area contributed by atoms with E-state index in [1.165, 1.54) is 6.07 Å². The van der Waals surface area contributed by atoms with Crippen molar-refractivity contribution in [1.29, 1.82) is 0 Å². The number of carbonyl (C=O) groups is 1. The number of hydrogen-bond acceptors (Lipinski definition) is 4. The molecule has 1 fully saturated rings. The number of hydrogen-bond donors (Lipinski definition) is 2. The molecule has 1 saturated heterocycles. The van der Waals surface area contributed by atoms with E-state index in [1.54, 1.807) is 12.1 Å². The Morgan fingerprint density at radius 2 is 2.32 bits per heavy atom. The van der Waals surface area contributed by atoms with Crippen LogP contribution in [-0.4, -0.2) is 23.4 Å². The van der Waals surface area contributed by atoms with Gasteiger partial charge in [0.05, 0.1) is 4.92 Å². The number of nitro groups is 1. The maximum Gasteiger partial charge on any atom is 0.269 e. The van der Waals surface area contributed by atoms with E-state index in [-0.39, 0.29) is 17.6 Å². The maximum atomic E-state index is 11.4. The van der Waals surface area contributed by atoms with Crippen LogP contribution in [-0.2, 0) is 11.3 Å². The SMILES string of the molecule is O=C1CC(NCc2cccc([N+](=O)[O-])c2)CCCN1. The Morgan fingerprint density at radius 1 is 1.47 bits per heavy atom. The number of amides is 1. The first kappa shape index (κ1) is 13.5. The molecule has 0 aliphatic carbocycles. The van der Waals surface area contributed by atoms with Crippen LogP contribution < -0.4 is 10.6 Å². The van der Waals surface area contributed by atoms with Crippen LogP contribution in [0.3, 0.4) is 0 Å². The second kappa shape index (κ2) is 6.29. The summed E-state index contributed by atoms with van der Waals surface area (Å²) in [5, 5.41) is 16.8. The van der Waals surface area contributed by atoms with Gasteiger partial charge in [-0.25, -0.2) is 0 Å². The topological polar surface area (TPSA) is 84.3 Å². The van der Waals surface area contributed by atoms with Crippen molar-refractivity contribution in [3.05, 3.63) is 39.9 Å². The van der Waals surface area contributed by atoms with Crippen LogP contribution in [0.4, 0.5) is 5.69 Å². The highest BCUT2D eigenvalue weighted by Gasteiger charge is 2.16. The first-order valence-corrected chi connectivity index (χ1v) is 6.38. The molecule has 1 unspecified atom stereocenters. The summed E-state index contributed by atoms with van der Waals surface area (Å²) in [7, 11) is 0. The summed E-state index contributed by atoms with van der Waals surface area (Å²) in [6, 6.07) is 6.69. The Hall–Kier alpha value is -1.95. The van der Waals surface area contributed by atoms with Crippen LogP contribution in [0.5, 0.6) is 0 Å². The lowest BCUT2D eigenvalue weighted by Crippen LogP contribution is -2.32. The molecule has 1 aromatic carbocycles. The van der Waals surface area contributed by atoms with Gasteiger partial charge in [0.1, 0.15) is 0 Å². The van der Waals surface area contributed by atoms with Gasteiger partial charge in [0, 0.05) is 37.7 Å². The molecular formula is C13H17N3O3. The smallest absolute Gasteiger partial charge is 0.269 e. The van der Waals surface area contributed by atoms with Crippen molar-refractivity contribution in [1.82, 2.24) is 10.6 Å². The van der Waals surface area contributed by atoms with Gasteiger partial charge in [-0.15, -0.1) is 0 Å². The lowest BCUT2D eigenvalue weighted by molar-refractivity contribution is -0.384. The summed E-state index contributed by atoms with van der Waals surface area (Å²) >= 11 is 0. The van der Waals surface area contributed by atoms with Gasteiger partial charge in [-0.2, -0.15) is 0 Å². The van der Waals surface area contributed by atoms with Crippen molar-refractivity contribution >= 4 is 11.6 Å². The number of nitrogens with one attached hydrogen (secondary N) is 2. The number of rotatable bonds is 4. The van der Waals surface area contributed by atoms with Crippen molar-refractivity contribution in [2.45, 2.75) is 31.8 Å². The molecule has 6 nitrogen and oxygen atoms in total. The number of carbonyl (C=O) groups excluding carboxylic acids is 1. The van der Waals surface area contributed by atoms with Crippen LogP contribution in [0, 0.1) is 10.1 Å². The molecule has 0 bridgehead atoms. The highest BCUT2D eigenvalue weighted by Crippen LogP contribution is 2.14. The molecule has 1 aliphatic heterocycles. The average molecular weight is 263 g/mol. The second-order valence-electron chi connectivity index (χ2n) is 4.70. The van der Waals surface area contributed by atoms with Crippen LogP contribution in [0.15, 0.2) is 24.3 Å². The molecule has 1 amide bonds. The zero-order chi connectivity index (χ0) is 13.7. The molecule has 1 aromatic rings. The summed E-state index contributed by atoms with van der Waals surface area (Å²) in [5.74, 6) is 0.0639. The molecule has 0 radical (unpaired) electrons. The van der Waals surface area contributed by atoms with Gasteiger partial charge in [0.2, 0.25) is 5.91 Å². The van der Waals surface area contributed by atoms with E-state index in [0.29, 0.717) is 13.0 Å². The van der Waals surface area contributed by atoms with Crippen molar-refractivity contribution < 1.29 is 9.72 Å². The number of nitrogens with zero attached hydrogens (tertiary/aromatic N) is 1. The normalized spacial score (nSPS) is 19.6. The van der Waals surface area contributed by atoms with E-state index in [1.807, 2.05) is 6.07 Å². The summed E-state index contributed by atoms with van der Waals surface area (Å²) in [5.41, 5.74) is 0.955. The fraction of sp³-hybridized carbons (Fsp3) is 0.462. The van der Waals surface area contributed by atoms with Gasteiger partial charge < -0.3 is 10.6 Å². The quantitative estimate of drug-likeness (QED) is 0.634. The molecule has 0 aromatic heterocycles. The van der Waals surface area contributed by atoms with Gasteiger partial charge in [0.25, 0.3) is 5.69 Å². The average Bonchev–Trinajstić information content (AvgIpc) is 2.61. The summed E-state index contributed by atoms with van der Waals surface area (Å²) in [6.45, 7) is 1.27. The number of non-ortho nitro benzene ring substituents is 1. The molecular weight excluding hydrogens is 246 g/mol. The van der Waals surface area contributed by atoms with E-state index in [0.717, 1.165) is 24.9 Å². The molecule has 19 heavy (non-hydrogen) atoms. The standard InChI is InChI=1S/C13H17N3O3/c17-13-8-11(4-2-6-14-13)15-9-10-3-1-5-12(7-10)16(18)19/h1,3,5,7,11,15H,2,4,6,8-9H2,(H,14,17). The third kappa shape index (κ3) is 4.03. The van der Waals surface area contributed by atoms with E-state index in [2.05, 4.69) is 10.6 Å². The molecule has 2 N–H and O–H groups in total. The van der Waals surface area contributed by atoms with E-state index in [4.69, 9.17) is 0 Å². The third-order valence-corrected chi connectivity index (χ3v) is 3.20. The monoisotopic (exact) mass is 263 g/mol. The van der Waals surface area contributed by atoms with Gasteiger partial charge in [-0.05, 0) is 18.4 Å². The van der Waals surface area contributed by atoms with Crippen molar-refractivity contribution in [3.8, 4) is 0 Å². The zero-order valence-corrected chi connectivity index (χ0v) is 10.6. The highest BCUT2D eigenvalue weighted by molar-refractivity contribution is 5.76. The van der Waals surface area contributed by atoms with Crippen molar-refractivity contribution in [3.63, 3.8) is 0 Å². The molecule has 1 aliphatic rings. The molecule has 0 saturated carbocycles. The molecule has 6 heteroatoms. The summed E-state index contributed by atoms with van der Waals surface area (Å²) < 4.78 is 0. The van der Waals surface area contributed by atoms with Gasteiger partial charge in [0.15, 0.2) is 0 Å². The Balaban J connectivity index is 1.92. The van der Waals surface area contributed by atoms with Crippen molar-refractivity contribution in [2.75, 3.05) is 6.54 Å². The fourth-order valence-electron chi connectivity index (χ4n) is 2.19. The van der Waals surface area contributed by atoms with Crippen LogP contribution in [0.25, 0.3) is 0 Å². The van der Waals surface area contributed by atoms with Crippen LogP contribution in [0.2, 0.25) is 0 Å². The molecule has 2 rings (SSSR count). The van der Waals surface area contributed by atoms with Crippen molar-refractivity contribution in [2.24, 2.45) is 0 Å². The highest BCUT2D eigenvalue weighted by atomic mass is 16.6. The Bertz CT molecular complexity index is 476. The molecule has 102 valence electrons. The van der Waals surface area contributed by atoms with Gasteiger partial charge >= 0.3 is 0 Å². The van der Waals surface area contributed by atoms with E-state index < -0.39 is 4.92 Å². The lowest BCUT2D eigenvalue weighted by Gasteiger charge is -2.14. The van der Waals surface area contributed by atoms with E-state index in [9.17, 15) is 14.9 Å². The van der Waals surface area contributed by atoms with Gasteiger partial charge in [-0.3, -0.25) is 14.9 Å². The largest absolute Gasteiger partial charge is 0.356 e. The Labute approximate surface area is 111 Å². The van der Waals surface area contributed by atoms with Crippen LogP contribution >= 0.6 is 0 Å².